The van der Waals surface area contributed by atoms with E-state index in [4.69, 9.17) is 9.84 Å². The van der Waals surface area contributed by atoms with Crippen LogP contribution in [0.3, 0.4) is 0 Å². The molecule has 0 aliphatic carbocycles. The molecule has 5 heteroatoms. The fourth-order valence-electron chi connectivity index (χ4n) is 3.12. The summed E-state index contributed by atoms with van der Waals surface area (Å²) in [5.41, 5.74) is 2.47. The van der Waals surface area contributed by atoms with E-state index < -0.39 is 8.07 Å². The molecule has 0 radical (unpaired) electrons. The monoisotopic (exact) mass is 378 g/mol. The Kier molecular flexibility index (Phi) is 4.57. The zero-order valence-corrected chi connectivity index (χ0v) is 16.1. The van der Waals surface area contributed by atoms with Gasteiger partial charge in [0.25, 0.3) is 0 Å². The van der Waals surface area contributed by atoms with Crippen LogP contribution in [0.5, 0.6) is 0 Å². The van der Waals surface area contributed by atoms with E-state index in [1.165, 1.54) is 22.9 Å². The highest BCUT2D eigenvalue weighted by Gasteiger charge is 2.30. The Hall–Kier alpha value is -0.913. The summed E-state index contributed by atoms with van der Waals surface area (Å²) >= 11 is 3.69. The second-order valence-electron chi connectivity index (χ2n) is 6.90. The largest absolute Gasteiger partial charge is 0.357 e. The van der Waals surface area contributed by atoms with Gasteiger partial charge in [0.05, 0.1) is 6.20 Å². The summed E-state index contributed by atoms with van der Waals surface area (Å²) in [5, 5.41) is 6.11. The molecule has 118 valence electrons. The number of hydrogen-bond acceptors (Lipinski definition) is 2. The summed E-state index contributed by atoms with van der Waals surface area (Å²) < 4.78 is 9.28. The van der Waals surface area contributed by atoms with Gasteiger partial charge < -0.3 is 4.74 Å². The van der Waals surface area contributed by atoms with Gasteiger partial charge in [0.2, 0.25) is 0 Å². The smallest absolute Gasteiger partial charge is 0.150 e. The Morgan fingerprint density at radius 3 is 2.59 bits per heavy atom. The van der Waals surface area contributed by atoms with Gasteiger partial charge in [0.1, 0.15) is 14.3 Å². The van der Waals surface area contributed by atoms with E-state index in [1.807, 2.05) is 6.20 Å². The molecule has 0 amide bonds. The van der Waals surface area contributed by atoms with Crippen molar-refractivity contribution >= 4 is 29.3 Å². The molecule has 1 aliphatic rings. The molecule has 1 saturated heterocycles. The first-order chi connectivity index (χ1) is 10.5. The van der Waals surface area contributed by atoms with Gasteiger partial charge in [0, 0.05) is 22.0 Å². The molecule has 2 heterocycles. The van der Waals surface area contributed by atoms with Gasteiger partial charge >= 0.3 is 0 Å². The Bertz CT molecular complexity index is 657. The van der Waals surface area contributed by atoms with E-state index in [0.29, 0.717) is 0 Å². The van der Waals surface area contributed by atoms with Crippen LogP contribution in [0.15, 0.2) is 34.9 Å². The fourth-order valence-corrected chi connectivity index (χ4v) is 5.52. The number of nitrogens with zero attached hydrogens (tertiary/aromatic N) is 2. The van der Waals surface area contributed by atoms with Gasteiger partial charge in [-0.2, -0.15) is 5.10 Å². The van der Waals surface area contributed by atoms with Crippen LogP contribution >= 0.6 is 15.9 Å². The fraction of sp³-hybridized carbons (Fsp3) is 0.471. The molecule has 0 saturated carbocycles. The highest BCUT2D eigenvalue weighted by molar-refractivity contribution is 9.10. The minimum atomic E-state index is -1.56. The van der Waals surface area contributed by atoms with Gasteiger partial charge in [0.15, 0.2) is 0 Å². The molecule has 3 rings (SSSR count). The number of benzene rings is 1. The van der Waals surface area contributed by atoms with Crippen LogP contribution in [0.1, 0.15) is 25.5 Å². The van der Waals surface area contributed by atoms with Crippen LogP contribution in [0, 0.1) is 0 Å². The lowest BCUT2D eigenvalue weighted by molar-refractivity contribution is -0.0376. The summed E-state index contributed by atoms with van der Waals surface area (Å²) in [7, 11) is -1.56. The molecule has 1 aliphatic heterocycles. The third-order valence-corrected chi connectivity index (χ3v) is 6.71. The highest BCUT2D eigenvalue weighted by Crippen LogP contribution is 2.30. The lowest BCUT2D eigenvalue weighted by Crippen LogP contribution is -2.46. The zero-order chi connectivity index (χ0) is 15.7. The number of rotatable bonds is 3. The van der Waals surface area contributed by atoms with Crippen LogP contribution in [0.2, 0.25) is 19.6 Å². The molecule has 1 unspecified atom stereocenters. The van der Waals surface area contributed by atoms with Gasteiger partial charge in [-0.05, 0) is 30.9 Å². The number of ether oxygens (including phenoxy) is 1. The predicted molar refractivity (Wildman–Crippen MR) is 97.2 cm³/mol. The minimum absolute atomic E-state index is 0.103. The Balaban J connectivity index is 2.12. The first-order valence-corrected chi connectivity index (χ1v) is 12.2. The first-order valence-electron chi connectivity index (χ1n) is 7.93. The van der Waals surface area contributed by atoms with Crippen molar-refractivity contribution in [1.29, 1.82) is 0 Å². The maximum absolute atomic E-state index is 5.99. The maximum Gasteiger partial charge on any atom is 0.150 e. The molecule has 1 atom stereocenters. The van der Waals surface area contributed by atoms with Crippen molar-refractivity contribution in [2.45, 2.75) is 45.1 Å². The third kappa shape index (κ3) is 3.07. The molecule has 2 aromatic rings. The predicted octanol–water partition coefficient (Wildman–Crippen LogP) is 4.56. The van der Waals surface area contributed by atoms with Crippen molar-refractivity contribution < 1.29 is 4.74 Å². The summed E-state index contributed by atoms with van der Waals surface area (Å²) in [6, 6.07) is 8.40. The molecule has 1 fully saturated rings. The SMILES string of the molecule is C[Si](C)(C)c1c(-c2ccccc2Br)cnn1C1CCCCO1. The number of aromatic nitrogens is 2. The normalized spacial score (nSPS) is 19.4. The van der Waals surface area contributed by atoms with Crippen molar-refractivity contribution in [2.24, 2.45) is 0 Å². The molecule has 22 heavy (non-hydrogen) atoms. The zero-order valence-electron chi connectivity index (χ0n) is 13.5. The topological polar surface area (TPSA) is 27.1 Å². The Morgan fingerprint density at radius 1 is 1.18 bits per heavy atom. The van der Waals surface area contributed by atoms with Crippen molar-refractivity contribution in [3.05, 3.63) is 34.9 Å². The molecule has 0 bridgehead atoms. The van der Waals surface area contributed by atoms with Crippen molar-refractivity contribution in [3.8, 4) is 11.1 Å². The van der Waals surface area contributed by atoms with Crippen molar-refractivity contribution in [3.63, 3.8) is 0 Å². The summed E-state index contributed by atoms with van der Waals surface area (Å²) in [4.78, 5) is 0. The molecular formula is C17H23BrN2OSi. The van der Waals surface area contributed by atoms with Gasteiger partial charge in [-0.25, -0.2) is 4.68 Å². The average molecular weight is 379 g/mol. The minimum Gasteiger partial charge on any atom is -0.357 e. The van der Waals surface area contributed by atoms with Crippen LogP contribution in [-0.2, 0) is 4.74 Å². The van der Waals surface area contributed by atoms with Gasteiger partial charge in [-0.3, -0.25) is 0 Å². The summed E-state index contributed by atoms with van der Waals surface area (Å²) in [6.07, 6.45) is 5.57. The first kappa shape index (κ1) is 16.0. The summed E-state index contributed by atoms with van der Waals surface area (Å²) in [6.45, 7) is 7.98. The molecule has 1 aromatic carbocycles. The van der Waals surface area contributed by atoms with Crippen LogP contribution in [0.4, 0.5) is 0 Å². The summed E-state index contributed by atoms with van der Waals surface area (Å²) in [5.74, 6) is 0. The molecule has 1 aromatic heterocycles. The van der Waals surface area contributed by atoms with E-state index in [2.05, 4.69) is 64.5 Å². The van der Waals surface area contributed by atoms with Gasteiger partial charge in [-0.1, -0.05) is 53.8 Å². The van der Waals surface area contributed by atoms with Crippen LogP contribution < -0.4 is 5.32 Å². The van der Waals surface area contributed by atoms with Crippen LogP contribution in [-0.4, -0.2) is 24.5 Å². The van der Waals surface area contributed by atoms with E-state index in [0.717, 1.165) is 23.9 Å². The lowest BCUT2D eigenvalue weighted by Gasteiger charge is -2.28. The quantitative estimate of drug-likeness (QED) is 0.732. The molecule has 3 nitrogen and oxygen atoms in total. The number of halogens is 1. The van der Waals surface area contributed by atoms with Crippen LogP contribution in [0.25, 0.3) is 11.1 Å². The molecular weight excluding hydrogens is 356 g/mol. The second kappa shape index (κ2) is 6.30. The van der Waals surface area contributed by atoms with Crippen molar-refractivity contribution in [1.82, 2.24) is 9.78 Å². The highest BCUT2D eigenvalue weighted by atomic mass is 79.9. The lowest BCUT2D eigenvalue weighted by atomic mass is 10.1. The van der Waals surface area contributed by atoms with Crippen molar-refractivity contribution in [2.75, 3.05) is 6.61 Å². The number of hydrogen-bond donors (Lipinski definition) is 0. The Labute approximate surface area is 141 Å². The third-order valence-electron chi connectivity index (χ3n) is 4.10. The second-order valence-corrected chi connectivity index (χ2v) is 12.7. The van der Waals surface area contributed by atoms with E-state index >= 15 is 0 Å². The molecule has 0 N–H and O–H groups in total. The van der Waals surface area contributed by atoms with E-state index in [-0.39, 0.29) is 6.23 Å². The maximum atomic E-state index is 5.99. The van der Waals surface area contributed by atoms with Gasteiger partial charge in [-0.15, -0.1) is 0 Å². The standard InChI is InChI=1S/C17H23BrN2OSi/c1-22(2,3)17-14(13-8-4-5-9-15(13)18)12-19-20(17)16-10-6-7-11-21-16/h4-5,8-9,12,16H,6-7,10-11H2,1-3H3. The average Bonchev–Trinajstić information content (AvgIpc) is 2.93. The van der Waals surface area contributed by atoms with E-state index in [9.17, 15) is 0 Å². The van der Waals surface area contributed by atoms with E-state index in [1.54, 1.807) is 0 Å². The molecule has 0 spiro atoms. The Morgan fingerprint density at radius 2 is 1.95 bits per heavy atom.